The molecule has 0 atom stereocenters. The molecule has 0 aliphatic heterocycles. The van der Waals surface area contributed by atoms with Gasteiger partial charge in [0.15, 0.2) is 5.76 Å². The Bertz CT molecular complexity index is 955. The van der Waals surface area contributed by atoms with Crippen LogP contribution in [0, 0.1) is 0 Å². The van der Waals surface area contributed by atoms with Gasteiger partial charge in [0.1, 0.15) is 18.2 Å². The van der Waals surface area contributed by atoms with Gasteiger partial charge in [-0.3, -0.25) is 0 Å². The molecule has 0 unspecified atom stereocenters. The van der Waals surface area contributed by atoms with Gasteiger partial charge in [-0.25, -0.2) is 9.98 Å². The first-order chi connectivity index (χ1) is 13.2. The molecule has 0 fully saturated rings. The number of hydrogen-bond acceptors (Lipinski definition) is 7. The quantitative estimate of drug-likeness (QED) is 0.499. The fraction of sp³-hybridized carbons (Fsp3) is 0.150. The summed E-state index contributed by atoms with van der Waals surface area (Å²) in [7, 11) is 0. The average Bonchev–Trinajstić information content (AvgIpc) is 3.34. The number of allylic oxidation sites excluding steroid dienone is 1. The van der Waals surface area contributed by atoms with Crippen molar-refractivity contribution in [2.75, 3.05) is 5.73 Å². The lowest BCUT2D eigenvalue weighted by Crippen LogP contribution is -2.00. The zero-order valence-corrected chi connectivity index (χ0v) is 15.0. The van der Waals surface area contributed by atoms with Crippen molar-refractivity contribution in [1.82, 2.24) is 10.1 Å². The van der Waals surface area contributed by atoms with Crippen LogP contribution in [0.5, 0.6) is 0 Å². The van der Waals surface area contributed by atoms with Gasteiger partial charge in [-0.15, -0.1) is 0 Å². The van der Waals surface area contributed by atoms with Crippen LogP contribution in [0.25, 0.3) is 11.3 Å². The van der Waals surface area contributed by atoms with Crippen LogP contribution >= 0.6 is 0 Å². The van der Waals surface area contributed by atoms with E-state index >= 15 is 0 Å². The summed E-state index contributed by atoms with van der Waals surface area (Å²) in [6.07, 6.45) is 7.07. The fourth-order valence-electron chi connectivity index (χ4n) is 2.34. The molecule has 3 heterocycles. The zero-order valence-electron chi connectivity index (χ0n) is 15.0. The van der Waals surface area contributed by atoms with Crippen molar-refractivity contribution in [3.05, 3.63) is 78.7 Å². The highest BCUT2D eigenvalue weighted by atomic mass is 16.5. The highest BCUT2D eigenvalue weighted by Gasteiger charge is 2.10. The third-order valence-corrected chi connectivity index (χ3v) is 3.65. The first-order valence-electron chi connectivity index (χ1n) is 8.33. The van der Waals surface area contributed by atoms with Crippen LogP contribution in [0.4, 0.5) is 5.82 Å². The van der Waals surface area contributed by atoms with Crippen molar-refractivity contribution < 1.29 is 13.7 Å². The van der Waals surface area contributed by atoms with Gasteiger partial charge < -0.3 is 19.4 Å². The number of nitrogens with zero attached hydrogens (tertiary/aromatic N) is 3. The van der Waals surface area contributed by atoms with E-state index in [9.17, 15) is 0 Å². The molecule has 138 valence electrons. The molecule has 0 aliphatic carbocycles. The molecule has 0 saturated carbocycles. The molecule has 0 spiro atoms. The van der Waals surface area contributed by atoms with Crippen molar-refractivity contribution in [3.63, 3.8) is 0 Å². The van der Waals surface area contributed by atoms with E-state index in [-0.39, 0.29) is 0 Å². The maximum absolute atomic E-state index is 5.86. The van der Waals surface area contributed by atoms with Crippen LogP contribution in [-0.2, 0) is 17.8 Å². The Hall–Kier alpha value is -3.61. The maximum atomic E-state index is 5.86. The van der Waals surface area contributed by atoms with E-state index in [1.54, 1.807) is 36.9 Å². The largest absolute Gasteiger partial charge is 0.469 e. The molecule has 0 radical (unpaired) electrons. The molecule has 2 N–H and O–H groups in total. The van der Waals surface area contributed by atoms with Gasteiger partial charge in [-0.05, 0) is 42.8 Å². The number of furan rings is 1. The summed E-state index contributed by atoms with van der Waals surface area (Å²) in [5.74, 6) is 2.12. The van der Waals surface area contributed by atoms with Gasteiger partial charge in [0.2, 0.25) is 5.90 Å². The maximum Gasteiger partial charge on any atom is 0.212 e. The lowest BCUT2D eigenvalue weighted by Gasteiger charge is -2.02. The van der Waals surface area contributed by atoms with Crippen molar-refractivity contribution in [2.24, 2.45) is 4.99 Å². The molecule has 0 saturated heterocycles. The van der Waals surface area contributed by atoms with Crippen molar-refractivity contribution in [1.29, 1.82) is 0 Å². The van der Waals surface area contributed by atoms with E-state index in [4.69, 9.17) is 19.4 Å². The number of rotatable bonds is 7. The van der Waals surface area contributed by atoms with Gasteiger partial charge in [0.05, 0.1) is 17.5 Å². The normalized spacial score (nSPS) is 12.2. The van der Waals surface area contributed by atoms with E-state index in [0.717, 1.165) is 22.6 Å². The number of nitrogens with two attached hydrogens (primary N) is 1. The van der Waals surface area contributed by atoms with Crippen LogP contribution in [0.3, 0.4) is 0 Å². The summed E-state index contributed by atoms with van der Waals surface area (Å²) in [6.45, 7) is 5.95. The standard InChI is InChI=1S/C20H20N4O3/c1-3-19(26-13-16-6-5-9-25-16)23-12-14(2)10-15-11-18(27-24-15)17-7-4-8-22-20(17)21/h3-9,11-12H,1,10,13H2,2H3,(H2,21,22)/b14-12+,23-19?. The van der Waals surface area contributed by atoms with Crippen molar-refractivity contribution in [2.45, 2.75) is 20.0 Å². The lowest BCUT2D eigenvalue weighted by atomic mass is 10.1. The lowest BCUT2D eigenvalue weighted by molar-refractivity contribution is 0.260. The Morgan fingerprint density at radius 1 is 1.37 bits per heavy atom. The van der Waals surface area contributed by atoms with Crippen LogP contribution in [-0.4, -0.2) is 16.0 Å². The number of anilines is 1. The predicted molar refractivity (Wildman–Crippen MR) is 103 cm³/mol. The predicted octanol–water partition coefficient (Wildman–Crippen LogP) is 4.16. The summed E-state index contributed by atoms with van der Waals surface area (Å²) in [4.78, 5) is 8.35. The van der Waals surface area contributed by atoms with Gasteiger partial charge in [0.25, 0.3) is 0 Å². The smallest absolute Gasteiger partial charge is 0.212 e. The van der Waals surface area contributed by atoms with Crippen LogP contribution in [0.15, 0.2) is 81.2 Å². The molecule has 3 aromatic rings. The van der Waals surface area contributed by atoms with E-state index in [1.165, 1.54) is 0 Å². The minimum absolute atomic E-state index is 0.296. The van der Waals surface area contributed by atoms with Gasteiger partial charge in [0, 0.05) is 24.9 Å². The summed E-state index contributed by atoms with van der Waals surface area (Å²) in [5.41, 5.74) is 8.34. The Kier molecular flexibility index (Phi) is 5.84. The SMILES string of the molecule is C=CC(=N/C=C(\C)Cc1cc(-c2cccnc2N)on1)OCc1ccco1. The first kappa shape index (κ1) is 18.2. The fourth-order valence-corrected chi connectivity index (χ4v) is 2.34. The number of aromatic nitrogens is 2. The second-order valence-corrected chi connectivity index (χ2v) is 5.81. The monoisotopic (exact) mass is 364 g/mol. The van der Waals surface area contributed by atoms with Gasteiger partial charge in [-0.1, -0.05) is 11.7 Å². The van der Waals surface area contributed by atoms with Crippen LogP contribution in [0.1, 0.15) is 18.4 Å². The molecular weight excluding hydrogens is 344 g/mol. The second kappa shape index (κ2) is 8.66. The molecule has 0 aromatic carbocycles. The molecule has 0 bridgehead atoms. The minimum Gasteiger partial charge on any atom is -0.469 e. The third-order valence-electron chi connectivity index (χ3n) is 3.65. The molecule has 3 rings (SSSR count). The molecular formula is C20H20N4O3. The summed E-state index contributed by atoms with van der Waals surface area (Å²) in [6, 6.07) is 9.12. The van der Waals surface area contributed by atoms with E-state index in [1.807, 2.05) is 25.1 Å². The number of nitrogen functional groups attached to an aromatic ring is 1. The Balaban J connectivity index is 1.63. The Morgan fingerprint density at radius 2 is 2.26 bits per heavy atom. The molecule has 7 heteroatoms. The number of pyridine rings is 1. The highest BCUT2D eigenvalue weighted by Crippen LogP contribution is 2.25. The molecule has 0 aliphatic rings. The Morgan fingerprint density at radius 3 is 3.00 bits per heavy atom. The number of aliphatic imine (C=N–C) groups is 1. The third kappa shape index (κ3) is 4.94. The van der Waals surface area contributed by atoms with Crippen LogP contribution in [0.2, 0.25) is 0 Å². The average molecular weight is 364 g/mol. The summed E-state index contributed by atoms with van der Waals surface area (Å²) in [5, 5.41) is 4.08. The summed E-state index contributed by atoms with van der Waals surface area (Å²) < 4.78 is 16.1. The topological polar surface area (TPSA) is 99.7 Å². The minimum atomic E-state index is 0.296. The van der Waals surface area contributed by atoms with E-state index < -0.39 is 0 Å². The first-order valence-corrected chi connectivity index (χ1v) is 8.33. The second-order valence-electron chi connectivity index (χ2n) is 5.81. The van der Waals surface area contributed by atoms with Crippen molar-refractivity contribution >= 4 is 11.7 Å². The van der Waals surface area contributed by atoms with Gasteiger partial charge >= 0.3 is 0 Å². The molecule has 0 amide bonds. The number of ether oxygens (including phenoxy) is 1. The molecule has 3 aromatic heterocycles. The number of hydrogen-bond donors (Lipinski definition) is 1. The van der Waals surface area contributed by atoms with E-state index in [2.05, 4.69) is 21.7 Å². The van der Waals surface area contributed by atoms with Crippen LogP contribution < -0.4 is 5.73 Å². The molecule has 27 heavy (non-hydrogen) atoms. The Labute approximate surface area is 156 Å². The van der Waals surface area contributed by atoms with Crippen molar-refractivity contribution in [3.8, 4) is 11.3 Å². The molecule has 7 nitrogen and oxygen atoms in total. The highest BCUT2D eigenvalue weighted by molar-refractivity contribution is 5.87. The summed E-state index contributed by atoms with van der Waals surface area (Å²) >= 11 is 0. The van der Waals surface area contributed by atoms with E-state index in [0.29, 0.717) is 30.5 Å². The van der Waals surface area contributed by atoms with Gasteiger partial charge in [-0.2, -0.15) is 0 Å². The zero-order chi connectivity index (χ0) is 19.1.